The number of aliphatic carboxylic acids is 1. The van der Waals surface area contributed by atoms with E-state index in [1.54, 1.807) is 0 Å². The van der Waals surface area contributed by atoms with Crippen molar-refractivity contribution in [2.75, 3.05) is 0 Å². The number of hydrogen-bond acceptors (Lipinski definition) is 2. The van der Waals surface area contributed by atoms with E-state index in [0.717, 1.165) is 22.1 Å². The first-order valence-electron chi connectivity index (χ1n) is 6.02. The number of carbonyl (C=O) groups is 1. The van der Waals surface area contributed by atoms with Gasteiger partial charge in [-0.3, -0.25) is 4.79 Å². The largest absolute Gasteiger partial charge is 0.481 e. The highest BCUT2D eigenvalue weighted by molar-refractivity contribution is 5.95. The molecule has 1 N–H and O–H groups in total. The smallest absolute Gasteiger partial charge is 0.307 e. The minimum absolute atomic E-state index is 0.0226. The number of carboxylic acids is 1. The van der Waals surface area contributed by atoms with Crippen LogP contribution in [0.2, 0.25) is 0 Å². The normalized spacial score (nSPS) is 10.7. The van der Waals surface area contributed by atoms with E-state index in [0.29, 0.717) is 5.56 Å². The lowest BCUT2D eigenvalue weighted by atomic mass is 10.0. The zero-order chi connectivity index (χ0) is 13.2. The topological polar surface area (TPSA) is 50.4 Å². The van der Waals surface area contributed by atoms with E-state index in [2.05, 4.69) is 0 Å². The van der Waals surface area contributed by atoms with Gasteiger partial charge >= 0.3 is 5.97 Å². The maximum Gasteiger partial charge on any atom is 0.307 e. The maximum atomic E-state index is 10.8. The summed E-state index contributed by atoms with van der Waals surface area (Å²) in [6.45, 7) is 0. The Hall–Kier alpha value is -2.55. The average molecular weight is 252 g/mol. The number of benzene rings is 2. The van der Waals surface area contributed by atoms with Crippen LogP contribution in [0.1, 0.15) is 5.56 Å². The van der Waals surface area contributed by atoms with E-state index in [9.17, 15) is 4.79 Å². The Morgan fingerprint density at radius 2 is 1.84 bits per heavy atom. The Bertz CT molecular complexity index is 726. The van der Waals surface area contributed by atoms with Crippen LogP contribution in [-0.4, -0.2) is 11.1 Å². The second kappa shape index (κ2) is 4.61. The molecule has 3 nitrogen and oxygen atoms in total. The van der Waals surface area contributed by atoms with Crippen molar-refractivity contribution >= 4 is 16.9 Å². The number of rotatable bonds is 3. The van der Waals surface area contributed by atoms with E-state index in [-0.39, 0.29) is 6.42 Å². The molecule has 0 bridgehead atoms. The minimum atomic E-state index is -0.854. The summed E-state index contributed by atoms with van der Waals surface area (Å²) in [6.07, 6.45) is 1.51. The molecular formula is C16H12O3. The molecule has 1 heterocycles. The van der Waals surface area contributed by atoms with Crippen molar-refractivity contribution in [3.05, 3.63) is 60.4 Å². The molecule has 3 rings (SSSR count). The third kappa shape index (κ3) is 2.10. The SMILES string of the molecule is O=C(O)Cc1coc2c(-c3ccccc3)cccc12. The molecule has 94 valence electrons. The van der Waals surface area contributed by atoms with E-state index < -0.39 is 5.97 Å². The molecular weight excluding hydrogens is 240 g/mol. The zero-order valence-corrected chi connectivity index (χ0v) is 10.2. The van der Waals surface area contributed by atoms with Crippen molar-refractivity contribution in [2.45, 2.75) is 6.42 Å². The molecule has 0 saturated heterocycles. The van der Waals surface area contributed by atoms with Crippen molar-refractivity contribution in [3.63, 3.8) is 0 Å². The van der Waals surface area contributed by atoms with Crippen molar-refractivity contribution < 1.29 is 14.3 Å². The molecule has 1 aromatic heterocycles. The average Bonchev–Trinajstić information content (AvgIpc) is 2.82. The van der Waals surface area contributed by atoms with E-state index in [4.69, 9.17) is 9.52 Å². The summed E-state index contributed by atoms with van der Waals surface area (Å²) in [7, 11) is 0. The molecule has 0 fully saturated rings. The molecule has 19 heavy (non-hydrogen) atoms. The zero-order valence-electron chi connectivity index (χ0n) is 10.2. The minimum Gasteiger partial charge on any atom is -0.481 e. The van der Waals surface area contributed by atoms with Gasteiger partial charge < -0.3 is 9.52 Å². The van der Waals surface area contributed by atoms with Crippen LogP contribution in [0.5, 0.6) is 0 Å². The predicted molar refractivity (Wildman–Crippen MR) is 73.0 cm³/mol. The van der Waals surface area contributed by atoms with Gasteiger partial charge in [0, 0.05) is 16.5 Å². The Morgan fingerprint density at radius 1 is 1.05 bits per heavy atom. The van der Waals surface area contributed by atoms with Gasteiger partial charge in [-0.1, -0.05) is 48.5 Å². The van der Waals surface area contributed by atoms with Gasteiger partial charge in [0.1, 0.15) is 5.58 Å². The van der Waals surface area contributed by atoms with Gasteiger partial charge in [0.2, 0.25) is 0 Å². The third-order valence-electron chi connectivity index (χ3n) is 3.11. The van der Waals surface area contributed by atoms with Gasteiger partial charge in [0.05, 0.1) is 12.7 Å². The monoisotopic (exact) mass is 252 g/mol. The maximum absolute atomic E-state index is 10.8. The van der Waals surface area contributed by atoms with Crippen LogP contribution >= 0.6 is 0 Å². The molecule has 0 aliphatic carbocycles. The van der Waals surface area contributed by atoms with Crippen LogP contribution in [0, 0.1) is 0 Å². The summed E-state index contributed by atoms with van der Waals surface area (Å²) in [5, 5.41) is 9.75. The van der Waals surface area contributed by atoms with Gasteiger partial charge in [-0.25, -0.2) is 0 Å². The van der Waals surface area contributed by atoms with Crippen LogP contribution in [-0.2, 0) is 11.2 Å². The van der Waals surface area contributed by atoms with Gasteiger partial charge in [0.15, 0.2) is 0 Å². The van der Waals surface area contributed by atoms with E-state index in [1.807, 2.05) is 48.5 Å². The highest BCUT2D eigenvalue weighted by atomic mass is 16.4. The fourth-order valence-electron chi connectivity index (χ4n) is 2.26. The summed E-state index contributed by atoms with van der Waals surface area (Å²) in [5.41, 5.74) is 3.49. The first kappa shape index (κ1) is 11.5. The summed E-state index contributed by atoms with van der Waals surface area (Å²) >= 11 is 0. The molecule has 0 aliphatic heterocycles. The van der Waals surface area contributed by atoms with Crippen LogP contribution in [0.4, 0.5) is 0 Å². The van der Waals surface area contributed by atoms with E-state index in [1.165, 1.54) is 6.26 Å². The Labute approximate surface area is 110 Å². The second-order valence-electron chi connectivity index (χ2n) is 4.38. The molecule has 0 atom stereocenters. The molecule has 0 spiro atoms. The standard InChI is InChI=1S/C16H12O3/c17-15(18)9-12-10-19-16-13(7-4-8-14(12)16)11-5-2-1-3-6-11/h1-8,10H,9H2,(H,17,18). The van der Waals surface area contributed by atoms with E-state index >= 15 is 0 Å². The van der Waals surface area contributed by atoms with Crippen LogP contribution in [0.3, 0.4) is 0 Å². The van der Waals surface area contributed by atoms with Crippen molar-refractivity contribution in [2.24, 2.45) is 0 Å². The quantitative estimate of drug-likeness (QED) is 0.772. The number of para-hydroxylation sites is 1. The lowest BCUT2D eigenvalue weighted by molar-refractivity contribution is -0.136. The lowest BCUT2D eigenvalue weighted by Gasteiger charge is -2.02. The predicted octanol–water partition coefficient (Wildman–Crippen LogP) is 3.73. The second-order valence-corrected chi connectivity index (χ2v) is 4.38. The number of fused-ring (bicyclic) bond motifs is 1. The van der Waals surface area contributed by atoms with Crippen molar-refractivity contribution in [1.82, 2.24) is 0 Å². The van der Waals surface area contributed by atoms with Gasteiger partial charge in [-0.2, -0.15) is 0 Å². The fraction of sp³-hybridized carbons (Fsp3) is 0.0625. The molecule has 3 heteroatoms. The van der Waals surface area contributed by atoms with Gasteiger partial charge in [-0.15, -0.1) is 0 Å². The molecule has 0 unspecified atom stereocenters. The third-order valence-corrected chi connectivity index (χ3v) is 3.11. The van der Waals surface area contributed by atoms with Crippen LogP contribution < -0.4 is 0 Å². The Kier molecular flexibility index (Phi) is 2.80. The highest BCUT2D eigenvalue weighted by Crippen LogP contribution is 2.31. The Balaban J connectivity index is 2.18. The summed E-state index contributed by atoms with van der Waals surface area (Å²) < 4.78 is 5.57. The van der Waals surface area contributed by atoms with Crippen molar-refractivity contribution in [3.8, 4) is 11.1 Å². The van der Waals surface area contributed by atoms with Crippen molar-refractivity contribution in [1.29, 1.82) is 0 Å². The summed E-state index contributed by atoms with van der Waals surface area (Å²) in [6, 6.07) is 15.7. The molecule has 0 saturated carbocycles. The summed E-state index contributed by atoms with van der Waals surface area (Å²) in [4.78, 5) is 10.8. The van der Waals surface area contributed by atoms with Gasteiger partial charge in [-0.05, 0) is 5.56 Å². The lowest BCUT2D eigenvalue weighted by Crippen LogP contribution is -1.98. The first-order valence-corrected chi connectivity index (χ1v) is 6.02. The first-order chi connectivity index (χ1) is 9.25. The highest BCUT2D eigenvalue weighted by Gasteiger charge is 2.12. The van der Waals surface area contributed by atoms with Crippen LogP contribution in [0.15, 0.2) is 59.2 Å². The number of carboxylic acid groups (broad SMARTS) is 1. The van der Waals surface area contributed by atoms with Crippen LogP contribution in [0.25, 0.3) is 22.1 Å². The molecule has 3 aromatic rings. The molecule has 0 amide bonds. The fourth-order valence-corrected chi connectivity index (χ4v) is 2.26. The molecule has 2 aromatic carbocycles. The molecule has 0 aliphatic rings. The number of furan rings is 1. The summed E-state index contributed by atoms with van der Waals surface area (Å²) in [5.74, 6) is -0.854. The number of hydrogen-bond donors (Lipinski definition) is 1. The molecule has 0 radical (unpaired) electrons. The van der Waals surface area contributed by atoms with Gasteiger partial charge in [0.25, 0.3) is 0 Å². The Morgan fingerprint density at radius 3 is 2.58 bits per heavy atom.